The maximum Gasteiger partial charge on any atom is 0.291 e. The molecule has 7 nitrogen and oxygen atoms in total. The molecule has 3 aromatic rings. The summed E-state index contributed by atoms with van der Waals surface area (Å²) in [5.74, 6) is -3.48. The SMILES string of the molecule is CC1CCCN1Cc1ccc(C(=O)Nc2c(C(N)=O)oc3c(F)cc(F)cc23)o1. The van der Waals surface area contributed by atoms with Crippen molar-refractivity contribution < 1.29 is 27.2 Å². The van der Waals surface area contributed by atoms with Gasteiger partial charge in [-0.2, -0.15) is 0 Å². The Morgan fingerprint density at radius 1 is 1.28 bits per heavy atom. The van der Waals surface area contributed by atoms with Crippen LogP contribution < -0.4 is 11.1 Å². The van der Waals surface area contributed by atoms with Crippen LogP contribution >= 0.6 is 0 Å². The summed E-state index contributed by atoms with van der Waals surface area (Å²) in [5, 5.41) is 2.32. The minimum Gasteiger partial charge on any atom is -0.455 e. The van der Waals surface area contributed by atoms with Crippen LogP contribution in [0.1, 0.15) is 46.6 Å². The van der Waals surface area contributed by atoms with E-state index in [1.165, 1.54) is 6.07 Å². The van der Waals surface area contributed by atoms with Crippen molar-refractivity contribution in [3.63, 3.8) is 0 Å². The zero-order chi connectivity index (χ0) is 20.7. The number of nitrogens with zero attached hydrogens (tertiary/aromatic N) is 1. The van der Waals surface area contributed by atoms with Gasteiger partial charge in [0, 0.05) is 12.1 Å². The molecule has 0 saturated carbocycles. The average molecular weight is 403 g/mol. The molecule has 1 aromatic carbocycles. The number of halogens is 2. The number of rotatable bonds is 5. The number of carbonyl (C=O) groups excluding carboxylic acids is 2. The zero-order valence-electron chi connectivity index (χ0n) is 15.6. The van der Waals surface area contributed by atoms with E-state index in [2.05, 4.69) is 17.1 Å². The quantitative estimate of drug-likeness (QED) is 0.677. The van der Waals surface area contributed by atoms with E-state index in [0.29, 0.717) is 24.4 Å². The smallest absolute Gasteiger partial charge is 0.291 e. The van der Waals surface area contributed by atoms with Gasteiger partial charge in [-0.1, -0.05) is 0 Å². The molecule has 29 heavy (non-hydrogen) atoms. The van der Waals surface area contributed by atoms with Gasteiger partial charge >= 0.3 is 0 Å². The van der Waals surface area contributed by atoms with Gasteiger partial charge in [-0.25, -0.2) is 8.78 Å². The maximum atomic E-state index is 14.0. The van der Waals surface area contributed by atoms with Crippen molar-refractivity contribution in [3.8, 4) is 0 Å². The number of amides is 2. The number of anilines is 1. The largest absolute Gasteiger partial charge is 0.455 e. The first kappa shape index (κ1) is 19.1. The summed E-state index contributed by atoms with van der Waals surface area (Å²) >= 11 is 0. The Bertz CT molecular complexity index is 1100. The third-order valence-electron chi connectivity index (χ3n) is 5.11. The zero-order valence-corrected chi connectivity index (χ0v) is 15.6. The van der Waals surface area contributed by atoms with Crippen LogP contribution in [0.25, 0.3) is 11.0 Å². The molecule has 3 heterocycles. The molecule has 0 spiro atoms. The average Bonchev–Trinajstić information content (AvgIpc) is 3.36. The highest BCUT2D eigenvalue weighted by Gasteiger charge is 2.25. The van der Waals surface area contributed by atoms with Crippen molar-refractivity contribution in [3.05, 3.63) is 53.2 Å². The Balaban J connectivity index is 1.61. The van der Waals surface area contributed by atoms with Crippen LogP contribution in [0.15, 0.2) is 33.1 Å². The molecule has 152 valence electrons. The van der Waals surface area contributed by atoms with Crippen molar-refractivity contribution in [2.75, 3.05) is 11.9 Å². The molecule has 2 aromatic heterocycles. The lowest BCUT2D eigenvalue weighted by Gasteiger charge is -2.19. The molecule has 9 heteroatoms. The van der Waals surface area contributed by atoms with Crippen molar-refractivity contribution in [1.82, 2.24) is 4.90 Å². The fourth-order valence-electron chi connectivity index (χ4n) is 3.61. The molecule has 0 radical (unpaired) electrons. The molecule has 2 amide bonds. The molecular formula is C20H19F2N3O4. The lowest BCUT2D eigenvalue weighted by molar-refractivity contribution is 0.0976. The molecule has 1 saturated heterocycles. The summed E-state index contributed by atoms with van der Waals surface area (Å²) < 4.78 is 38.4. The van der Waals surface area contributed by atoms with Gasteiger partial charge in [0.05, 0.1) is 11.9 Å². The summed E-state index contributed by atoms with van der Waals surface area (Å²) in [6, 6.07) is 5.20. The van der Waals surface area contributed by atoms with Gasteiger partial charge in [0.1, 0.15) is 17.3 Å². The topological polar surface area (TPSA) is 102 Å². The van der Waals surface area contributed by atoms with Crippen molar-refractivity contribution in [2.24, 2.45) is 5.73 Å². The Labute approximate surface area is 164 Å². The third kappa shape index (κ3) is 3.61. The van der Waals surface area contributed by atoms with E-state index in [1.54, 1.807) is 6.07 Å². The van der Waals surface area contributed by atoms with Crippen LogP contribution in [0, 0.1) is 11.6 Å². The first-order valence-corrected chi connectivity index (χ1v) is 9.19. The third-order valence-corrected chi connectivity index (χ3v) is 5.11. The first-order valence-electron chi connectivity index (χ1n) is 9.19. The van der Waals surface area contributed by atoms with E-state index >= 15 is 0 Å². The Morgan fingerprint density at radius 3 is 2.76 bits per heavy atom. The summed E-state index contributed by atoms with van der Waals surface area (Å²) in [6.07, 6.45) is 2.23. The number of primary amides is 1. The minimum atomic E-state index is -1.03. The number of benzene rings is 1. The van der Waals surface area contributed by atoms with E-state index in [4.69, 9.17) is 14.6 Å². The monoisotopic (exact) mass is 403 g/mol. The van der Waals surface area contributed by atoms with E-state index in [0.717, 1.165) is 25.5 Å². The minimum absolute atomic E-state index is 0.00602. The van der Waals surface area contributed by atoms with Crippen molar-refractivity contribution in [2.45, 2.75) is 32.4 Å². The fraction of sp³-hybridized carbons (Fsp3) is 0.300. The predicted molar refractivity (Wildman–Crippen MR) is 100 cm³/mol. The number of likely N-dealkylation sites (tertiary alicyclic amines) is 1. The summed E-state index contributed by atoms with van der Waals surface area (Å²) in [7, 11) is 0. The van der Waals surface area contributed by atoms with Crippen LogP contribution in [-0.4, -0.2) is 29.3 Å². The first-order chi connectivity index (χ1) is 13.8. The molecular weight excluding hydrogens is 384 g/mol. The predicted octanol–water partition coefficient (Wildman–Crippen LogP) is 3.64. The summed E-state index contributed by atoms with van der Waals surface area (Å²) in [6.45, 7) is 3.67. The van der Waals surface area contributed by atoms with Gasteiger partial charge in [0.2, 0.25) is 5.76 Å². The molecule has 3 N–H and O–H groups in total. The van der Waals surface area contributed by atoms with Gasteiger partial charge in [0.15, 0.2) is 17.2 Å². The number of fused-ring (bicyclic) bond motifs is 1. The molecule has 1 aliphatic rings. The van der Waals surface area contributed by atoms with Gasteiger partial charge in [-0.05, 0) is 44.5 Å². The standard InChI is InChI=1S/C20H19F2N3O4/c1-10-3-2-6-25(10)9-12-4-5-15(28-12)20(27)24-16-13-7-11(21)8-14(22)17(13)29-18(16)19(23)26/h4-5,7-8,10H,2-3,6,9H2,1H3,(H2,23,26)(H,24,27). The van der Waals surface area contributed by atoms with Crippen molar-refractivity contribution in [1.29, 1.82) is 0 Å². The van der Waals surface area contributed by atoms with Crippen LogP contribution in [0.5, 0.6) is 0 Å². The Hall–Kier alpha value is -3.20. The second-order valence-corrected chi connectivity index (χ2v) is 7.12. The molecule has 1 fully saturated rings. The van der Waals surface area contributed by atoms with Crippen LogP contribution in [0.3, 0.4) is 0 Å². The van der Waals surface area contributed by atoms with Crippen LogP contribution in [0.2, 0.25) is 0 Å². The summed E-state index contributed by atoms with van der Waals surface area (Å²) in [4.78, 5) is 26.5. The highest BCUT2D eigenvalue weighted by atomic mass is 19.1. The van der Waals surface area contributed by atoms with Crippen molar-refractivity contribution >= 4 is 28.5 Å². The highest BCUT2D eigenvalue weighted by Crippen LogP contribution is 2.33. The van der Waals surface area contributed by atoms with E-state index < -0.39 is 29.2 Å². The normalized spacial score (nSPS) is 17.1. The molecule has 4 rings (SSSR count). The summed E-state index contributed by atoms with van der Waals surface area (Å²) in [5.41, 5.74) is 4.68. The number of nitrogens with one attached hydrogen (secondary N) is 1. The van der Waals surface area contributed by atoms with Gasteiger partial charge in [-0.15, -0.1) is 0 Å². The molecule has 1 unspecified atom stereocenters. The Morgan fingerprint density at radius 2 is 2.07 bits per heavy atom. The number of furan rings is 2. The number of hydrogen-bond acceptors (Lipinski definition) is 5. The maximum absolute atomic E-state index is 14.0. The Kier molecular flexibility index (Phi) is 4.83. The van der Waals surface area contributed by atoms with E-state index in [9.17, 15) is 18.4 Å². The number of carbonyl (C=O) groups is 2. The van der Waals surface area contributed by atoms with Crippen LogP contribution in [-0.2, 0) is 6.54 Å². The lowest BCUT2D eigenvalue weighted by atomic mass is 10.2. The second-order valence-electron chi connectivity index (χ2n) is 7.12. The van der Waals surface area contributed by atoms with E-state index in [1.807, 2.05) is 0 Å². The van der Waals surface area contributed by atoms with Gasteiger partial charge in [0.25, 0.3) is 11.8 Å². The molecule has 1 aliphatic heterocycles. The lowest BCUT2D eigenvalue weighted by Crippen LogP contribution is -2.25. The number of nitrogens with two attached hydrogens (primary N) is 1. The number of hydrogen-bond donors (Lipinski definition) is 2. The second kappa shape index (κ2) is 7.32. The van der Waals surface area contributed by atoms with Crippen LogP contribution in [0.4, 0.5) is 14.5 Å². The molecule has 1 atom stereocenters. The van der Waals surface area contributed by atoms with Gasteiger partial charge < -0.3 is 19.9 Å². The molecule has 0 aliphatic carbocycles. The highest BCUT2D eigenvalue weighted by molar-refractivity contribution is 6.13. The van der Waals surface area contributed by atoms with E-state index in [-0.39, 0.29) is 22.4 Å². The molecule has 0 bridgehead atoms. The van der Waals surface area contributed by atoms with Gasteiger partial charge in [-0.3, -0.25) is 14.5 Å². The fourth-order valence-corrected chi connectivity index (χ4v) is 3.61.